The van der Waals surface area contributed by atoms with E-state index in [9.17, 15) is 0 Å². The smallest absolute Gasteiger partial charge is 0.141 e. The zero-order chi connectivity index (χ0) is 10.8. The number of hydrogen-bond donors (Lipinski definition) is 1. The Bertz CT molecular complexity index is 462. The van der Waals surface area contributed by atoms with Crippen molar-refractivity contribution >= 4 is 17.4 Å². The van der Waals surface area contributed by atoms with Gasteiger partial charge in [-0.1, -0.05) is 41.9 Å². The molecule has 2 rings (SSSR count). The first kappa shape index (κ1) is 10.1. The molecule has 0 aliphatic rings. The van der Waals surface area contributed by atoms with Crippen molar-refractivity contribution in [3.05, 3.63) is 35.4 Å². The van der Waals surface area contributed by atoms with Crippen LogP contribution in [0.5, 0.6) is 0 Å². The molecule has 0 saturated carbocycles. The van der Waals surface area contributed by atoms with Crippen LogP contribution in [0.4, 0.5) is 5.82 Å². The van der Waals surface area contributed by atoms with Gasteiger partial charge in [0.25, 0.3) is 0 Å². The van der Waals surface area contributed by atoms with Gasteiger partial charge in [-0.05, 0) is 6.92 Å². The number of hydrogen-bond acceptors (Lipinski definition) is 2. The van der Waals surface area contributed by atoms with Gasteiger partial charge in [0, 0.05) is 12.1 Å². The van der Waals surface area contributed by atoms with E-state index in [1.165, 1.54) is 0 Å². The van der Waals surface area contributed by atoms with Crippen molar-refractivity contribution in [1.29, 1.82) is 0 Å². The van der Waals surface area contributed by atoms with Gasteiger partial charge >= 0.3 is 0 Å². The minimum absolute atomic E-state index is 0.526. The van der Waals surface area contributed by atoms with Crippen molar-refractivity contribution in [3.63, 3.8) is 0 Å². The molecule has 1 heterocycles. The van der Waals surface area contributed by atoms with Crippen LogP contribution in [0, 0.1) is 0 Å². The molecule has 2 N–H and O–H groups in total. The summed E-state index contributed by atoms with van der Waals surface area (Å²) >= 11 is 6.12. The Labute approximate surface area is 93.5 Å². The van der Waals surface area contributed by atoms with Crippen molar-refractivity contribution in [2.75, 3.05) is 5.73 Å². The fourth-order valence-corrected chi connectivity index (χ4v) is 1.72. The van der Waals surface area contributed by atoms with E-state index in [1.807, 2.05) is 37.3 Å². The Balaban J connectivity index is 2.55. The standard InChI is InChI=1S/C11H12ClN3/c1-2-15-11(13)9(12)10(14-15)8-6-4-3-5-7-8/h3-7H,2,13H2,1H3. The Morgan fingerprint density at radius 2 is 2.00 bits per heavy atom. The number of nitrogens with zero attached hydrogens (tertiary/aromatic N) is 2. The zero-order valence-electron chi connectivity index (χ0n) is 8.44. The van der Waals surface area contributed by atoms with Crippen LogP contribution >= 0.6 is 11.6 Å². The van der Waals surface area contributed by atoms with Crippen molar-refractivity contribution in [1.82, 2.24) is 9.78 Å². The Kier molecular flexibility index (Phi) is 2.64. The molecule has 0 aliphatic carbocycles. The molecule has 78 valence electrons. The van der Waals surface area contributed by atoms with E-state index in [0.717, 1.165) is 17.8 Å². The maximum Gasteiger partial charge on any atom is 0.141 e. The monoisotopic (exact) mass is 221 g/mol. The van der Waals surface area contributed by atoms with Gasteiger partial charge in [-0.25, -0.2) is 4.68 Å². The maximum absolute atomic E-state index is 6.12. The average molecular weight is 222 g/mol. The fourth-order valence-electron chi connectivity index (χ4n) is 1.47. The number of anilines is 1. The molecular weight excluding hydrogens is 210 g/mol. The molecular formula is C11H12ClN3. The molecule has 0 fully saturated rings. The van der Waals surface area contributed by atoms with E-state index in [0.29, 0.717) is 10.8 Å². The Morgan fingerprint density at radius 1 is 1.33 bits per heavy atom. The Morgan fingerprint density at radius 3 is 2.53 bits per heavy atom. The quantitative estimate of drug-likeness (QED) is 0.848. The molecule has 0 atom stereocenters. The number of aryl methyl sites for hydroxylation is 1. The summed E-state index contributed by atoms with van der Waals surface area (Å²) in [5.74, 6) is 0.526. The lowest BCUT2D eigenvalue weighted by Gasteiger charge is -1.96. The summed E-state index contributed by atoms with van der Waals surface area (Å²) in [5, 5.41) is 4.89. The number of halogens is 1. The van der Waals surface area contributed by atoms with Gasteiger partial charge in [0.2, 0.25) is 0 Å². The largest absolute Gasteiger partial charge is 0.383 e. The molecule has 0 spiro atoms. The summed E-state index contributed by atoms with van der Waals surface area (Å²) in [5.41, 5.74) is 7.55. The van der Waals surface area contributed by atoms with E-state index >= 15 is 0 Å². The van der Waals surface area contributed by atoms with E-state index < -0.39 is 0 Å². The van der Waals surface area contributed by atoms with E-state index in [-0.39, 0.29) is 0 Å². The average Bonchev–Trinajstić information content (AvgIpc) is 2.57. The lowest BCUT2D eigenvalue weighted by Crippen LogP contribution is -2.01. The van der Waals surface area contributed by atoms with E-state index in [4.69, 9.17) is 17.3 Å². The first-order valence-corrected chi connectivity index (χ1v) is 5.19. The minimum Gasteiger partial charge on any atom is -0.383 e. The van der Waals surface area contributed by atoms with Gasteiger partial charge in [-0.2, -0.15) is 5.10 Å². The van der Waals surface area contributed by atoms with Crippen LogP contribution < -0.4 is 5.73 Å². The number of aromatic nitrogens is 2. The van der Waals surface area contributed by atoms with Crippen LogP contribution in [-0.2, 0) is 6.54 Å². The van der Waals surface area contributed by atoms with Gasteiger partial charge in [0.1, 0.15) is 16.5 Å². The molecule has 0 aliphatic heterocycles. The molecule has 0 unspecified atom stereocenters. The van der Waals surface area contributed by atoms with Gasteiger partial charge in [0.05, 0.1) is 0 Å². The molecule has 0 amide bonds. The third kappa shape index (κ3) is 1.70. The zero-order valence-corrected chi connectivity index (χ0v) is 9.20. The molecule has 1 aromatic carbocycles. The van der Waals surface area contributed by atoms with Crippen LogP contribution in [0.15, 0.2) is 30.3 Å². The molecule has 0 bridgehead atoms. The van der Waals surface area contributed by atoms with Crippen molar-refractivity contribution in [3.8, 4) is 11.3 Å². The summed E-state index contributed by atoms with van der Waals surface area (Å²) in [6.07, 6.45) is 0. The van der Waals surface area contributed by atoms with E-state index in [1.54, 1.807) is 4.68 Å². The lowest BCUT2D eigenvalue weighted by molar-refractivity contribution is 0.672. The van der Waals surface area contributed by atoms with Crippen molar-refractivity contribution in [2.45, 2.75) is 13.5 Å². The first-order valence-electron chi connectivity index (χ1n) is 4.81. The van der Waals surface area contributed by atoms with E-state index in [2.05, 4.69) is 5.10 Å². The summed E-state index contributed by atoms with van der Waals surface area (Å²) in [7, 11) is 0. The SMILES string of the molecule is CCn1nc(-c2ccccc2)c(Cl)c1N. The van der Waals surface area contributed by atoms with Crippen LogP contribution in [-0.4, -0.2) is 9.78 Å². The third-order valence-electron chi connectivity index (χ3n) is 2.28. The van der Waals surface area contributed by atoms with Crippen LogP contribution in [0.2, 0.25) is 5.02 Å². The lowest BCUT2D eigenvalue weighted by atomic mass is 10.1. The number of nitrogen functional groups attached to an aromatic ring is 1. The molecule has 3 nitrogen and oxygen atoms in total. The third-order valence-corrected chi connectivity index (χ3v) is 2.65. The fraction of sp³-hybridized carbons (Fsp3) is 0.182. The van der Waals surface area contributed by atoms with Crippen molar-refractivity contribution in [2.24, 2.45) is 0 Å². The highest BCUT2D eigenvalue weighted by molar-refractivity contribution is 6.35. The van der Waals surface area contributed by atoms with Gasteiger partial charge in [-0.15, -0.1) is 0 Å². The molecule has 15 heavy (non-hydrogen) atoms. The number of rotatable bonds is 2. The second-order valence-electron chi connectivity index (χ2n) is 3.23. The highest BCUT2D eigenvalue weighted by Crippen LogP contribution is 2.31. The van der Waals surface area contributed by atoms with Crippen LogP contribution in [0.25, 0.3) is 11.3 Å². The van der Waals surface area contributed by atoms with Gasteiger partial charge < -0.3 is 5.73 Å². The molecule has 0 saturated heterocycles. The molecule has 4 heteroatoms. The minimum atomic E-state index is 0.526. The Hall–Kier alpha value is -1.48. The molecule has 1 aromatic heterocycles. The summed E-state index contributed by atoms with van der Waals surface area (Å²) in [4.78, 5) is 0. The second kappa shape index (κ2) is 3.95. The van der Waals surface area contributed by atoms with Crippen LogP contribution in [0.1, 0.15) is 6.92 Å². The summed E-state index contributed by atoms with van der Waals surface area (Å²) in [6, 6.07) is 9.79. The topological polar surface area (TPSA) is 43.8 Å². The normalized spacial score (nSPS) is 10.5. The summed E-state index contributed by atoms with van der Waals surface area (Å²) < 4.78 is 1.70. The first-order chi connectivity index (χ1) is 7.24. The molecule has 2 aromatic rings. The maximum atomic E-state index is 6.12. The summed E-state index contributed by atoms with van der Waals surface area (Å²) in [6.45, 7) is 2.70. The molecule has 0 radical (unpaired) electrons. The van der Waals surface area contributed by atoms with Crippen molar-refractivity contribution < 1.29 is 0 Å². The highest BCUT2D eigenvalue weighted by Gasteiger charge is 2.13. The predicted molar refractivity (Wildman–Crippen MR) is 62.8 cm³/mol. The predicted octanol–water partition coefficient (Wildman–Crippen LogP) is 2.81. The number of nitrogens with two attached hydrogens (primary N) is 1. The van der Waals surface area contributed by atoms with Crippen LogP contribution in [0.3, 0.4) is 0 Å². The number of benzene rings is 1. The highest BCUT2D eigenvalue weighted by atomic mass is 35.5. The second-order valence-corrected chi connectivity index (χ2v) is 3.61. The van der Waals surface area contributed by atoms with Gasteiger partial charge in [-0.3, -0.25) is 0 Å². The van der Waals surface area contributed by atoms with Gasteiger partial charge in [0.15, 0.2) is 0 Å².